The smallest absolute Gasteiger partial charge is 0.408 e. The Morgan fingerprint density at radius 3 is 2.50 bits per heavy atom. The van der Waals surface area contributed by atoms with Crippen molar-refractivity contribution in [1.29, 1.82) is 0 Å². The molecule has 134 valence electrons. The third-order valence-corrected chi connectivity index (χ3v) is 2.78. The highest BCUT2D eigenvalue weighted by Crippen LogP contribution is 2.15. The van der Waals surface area contributed by atoms with Gasteiger partial charge in [0.15, 0.2) is 0 Å². The maximum absolute atomic E-state index is 12.1. The molecule has 0 spiro atoms. The first kappa shape index (κ1) is 19.7. The number of nitrogens with one attached hydrogen (secondary N) is 2. The molecule has 1 aromatic rings. The molecule has 7 heteroatoms. The van der Waals surface area contributed by atoms with Crippen LogP contribution in [0.15, 0.2) is 18.3 Å². The molecule has 0 bridgehead atoms. The minimum absolute atomic E-state index is 0.0119. The van der Waals surface area contributed by atoms with E-state index in [9.17, 15) is 9.59 Å². The van der Waals surface area contributed by atoms with Crippen LogP contribution in [0.1, 0.15) is 47.1 Å². The molecule has 0 fully saturated rings. The Kier molecular flexibility index (Phi) is 7.00. The number of aromatic nitrogens is 1. The monoisotopic (exact) mass is 337 g/mol. The second-order valence-electron chi connectivity index (χ2n) is 6.72. The fourth-order valence-electron chi connectivity index (χ4n) is 1.77. The lowest BCUT2D eigenvalue weighted by Gasteiger charge is -2.21. The average Bonchev–Trinajstić information content (AvgIpc) is 2.43. The van der Waals surface area contributed by atoms with Gasteiger partial charge in [0.1, 0.15) is 11.6 Å². The Morgan fingerprint density at radius 2 is 1.92 bits per heavy atom. The van der Waals surface area contributed by atoms with E-state index in [1.807, 2.05) is 19.9 Å². The summed E-state index contributed by atoms with van der Waals surface area (Å²) in [5.74, 6) is 0.167. The molecule has 1 atom stereocenters. The summed E-state index contributed by atoms with van der Waals surface area (Å²) in [6, 6.07) is 2.89. The Bertz CT molecular complexity index is 567. The topological polar surface area (TPSA) is 89.5 Å². The molecule has 24 heavy (non-hydrogen) atoms. The maximum Gasteiger partial charge on any atom is 0.408 e. The molecule has 2 N–H and O–H groups in total. The van der Waals surface area contributed by atoms with Gasteiger partial charge in [-0.3, -0.25) is 4.79 Å². The summed E-state index contributed by atoms with van der Waals surface area (Å²) in [6.45, 7) is 10.9. The van der Waals surface area contributed by atoms with Crippen molar-refractivity contribution in [2.24, 2.45) is 0 Å². The predicted octanol–water partition coefficient (Wildman–Crippen LogP) is 2.40. The van der Waals surface area contributed by atoms with Crippen molar-refractivity contribution < 1.29 is 19.1 Å². The van der Waals surface area contributed by atoms with Gasteiger partial charge in [-0.15, -0.1) is 0 Å². The number of amides is 2. The van der Waals surface area contributed by atoms with Crippen molar-refractivity contribution in [3.8, 4) is 5.88 Å². The molecule has 1 heterocycles. The highest BCUT2D eigenvalue weighted by Gasteiger charge is 2.21. The lowest BCUT2D eigenvalue weighted by atomic mass is 10.2. The number of carbonyl (C=O) groups excluding carboxylic acids is 2. The van der Waals surface area contributed by atoms with Crippen molar-refractivity contribution in [3.63, 3.8) is 0 Å². The van der Waals surface area contributed by atoms with E-state index in [-0.39, 0.29) is 18.6 Å². The number of hydrogen-bond acceptors (Lipinski definition) is 5. The molecule has 0 aliphatic heterocycles. The van der Waals surface area contributed by atoms with Crippen LogP contribution in [-0.4, -0.2) is 34.7 Å². The maximum atomic E-state index is 12.1. The van der Waals surface area contributed by atoms with Gasteiger partial charge < -0.3 is 20.1 Å². The zero-order valence-corrected chi connectivity index (χ0v) is 15.2. The van der Waals surface area contributed by atoms with E-state index in [2.05, 4.69) is 15.6 Å². The van der Waals surface area contributed by atoms with Gasteiger partial charge in [0.25, 0.3) is 0 Å². The largest absolute Gasteiger partial charge is 0.475 e. The van der Waals surface area contributed by atoms with Crippen molar-refractivity contribution in [2.45, 2.75) is 65.8 Å². The quantitative estimate of drug-likeness (QED) is 0.832. The summed E-state index contributed by atoms with van der Waals surface area (Å²) >= 11 is 0. The molecule has 1 aromatic heterocycles. The lowest BCUT2D eigenvalue weighted by Crippen LogP contribution is -2.46. The first-order valence-electron chi connectivity index (χ1n) is 7.96. The number of ether oxygens (including phenoxy) is 2. The molecule has 0 aromatic carbocycles. The molecular formula is C17H27N3O4. The third-order valence-electron chi connectivity index (χ3n) is 2.78. The molecule has 0 saturated carbocycles. The van der Waals surface area contributed by atoms with Gasteiger partial charge in [0.2, 0.25) is 11.8 Å². The van der Waals surface area contributed by atoms with Gasteiger partial charge in [0.05, 0.1) is 6.10 Å². The third kappa shape index (κ3) is 7.30. The second-order valence-corrected chi connectivity index (χ2v) is 6.72. The number of pyridine rings is 1. The van der Waals surface area contributed by atoms with Gasteiger partial charge in [-0.05, 0) is 47.6 Å². The summed E-state index contributed by atoms with van der Waals surface area (Å²) in [5.41, 5.74) is 0.156. The standard InChI is InChI=1S/C17H27N3O4/c1-11(2)23-15-13(8-7-9-18-15)10-19-14(21)12(3)20-16(22)24-17(4,5)6/h7-9,11-12H,10H2,1-6H3,(H,19,21)(H,20,22). The number of carbonyl (C=O) groups is 2. The van der Waals surface area contributed by atoms with Crippen molar-refractivity contribution in [2.75, 3.05) is 0 Å². The molecule has 1 unspecified atom stereocenters. The van der Waals surface area contributed by atoms with Crippen molar-refractivity contribution in [1.82, 2.24) is 15.6 Å². The summed E-state index contributed by atoms with van der Waals surface area (Å²) in [7, 11) is 0. The van der Waals surface area contributed by atoms with Crippen LogP contribution in [0.25, 0.3) is 0 Å². The number of alkyl carbamates (subject to hydrolysis) is 1. The molecule has 7 nitrogen and oxygen atoms in total. The fraction of sp³-hybridized carbons (Fsp3) is 0.588. The van der Waals surface area contributed by atoms with Crippen molar-refractivity contribution in [3.05, 3.63) is 23.9 Å². The van der Waals surface area contributed by atoms with Gasteiger partial charge in [-0.2, -0.15) is 0 Å². The highest BCUT2D eigenvalue weighted by atomic mass is 16.6. The van der Waals surface area contributed by atoms with Crippen LogP contribution in [0.4, 0.5) is 4.79 Å². The van der Waals surface area contributed by atoms with Crippen LogP contribution in [-0.2, 0) is 16.1 Å². The van der Waals surface area contributed by atoms with E-state index in [1.54, 1.807) is 40.0 Å². The molecule has 0 radical (unpaired) electrons. The summed E-state index contributed by atoms with van der Waals surface area (Å²) in [6.07, 6.45) is 0.993. The zero-order chi connectivity index (χ0) is 18.3. The normalized spacial score (nSPS) is 12.5. The first-order chi connectivity index (χ1) is 11.1. The van der Waals surface area contributed by atoms with Crippen LogP contribution in [0.2, 0.25) is 0 Å². The Morgan fingerprint density at radius 1 is 1.25 bits per heavy atom. The van der Waals surface area contributed by atoms with E-state index in [4.69, 9.17) is 9.47 Å². The SMILES string of the molecule is CC(C)Oc1ncccc1CNC(=O)C(C)NC(=O)OC(C)(C)C. The minimum atomic E-state index is -0.717. The van der Waals surface area contributed by atoms with Crippen LogP contribution < -0.4 is 15.4 Å². The first-order valence-corrected chi connectivity index (χ1v) is 7.96. The summed E-state index contributed by atoms with van der Waals surface area (Å²) in [5, 5.41) is 5.25. The zero-order valence-electron chi connectivity index (χ0n) is 15.2. The second kappa shape index (κ2) is 8.52. The van der Waals surface area contributed by atoms with E-state index < -0.39 is 17.7 Å². The Hall–Kier alpha value is -2.31. The van der Waals surface area contributed by atoms with E-state index >= 15 is 0 Å². The van der Waals surface area contributed by atoms with E-state index in [0.717, 1.165) is 5.56 Å². The van der Waals surface area contributed by atoms with Gasteiger partial charge in [0, 0.05) is 18.3 Å². The molecule has 0 aliphatic rings. The highest BCUT2D eigenvalue weighted by molar-refractivity contribution is 5.85. The summed E-state index contributed by atoms with van der Waals surface area (Å²) in [4.78, 5) is 28.0. The molecule has 0 saturated heterocycles. The molecule has 1 rings (SSSR count). The van der Waals surface area contributed by atoms with Gasteiger partial charge >= 0.3 is 6.09 Å². The molecule has 2 amide bonds. The van der Waals surface area contributed by atoms with Crippen LogP contribution in [0, 0.1) is 0 Å². The number of rotatable bonds is 6. The van der Waals surface area contributed by atoms with Crippen molar-refractivity contribution >= 4 is 12.0 Å². The van der Waals surface area contributed by atoms with E-state index in [0.29, 0.717) is 5.88 Å². The molecular weight excluding hydrogens is 310 g/mol. The average molecular weight is 337 g/mol. The lowest BCUT2D eigenvalue weighted by molar-refractivity contribution is -0.122. The van der Waals surface area contributed by atoms with Gasteiger partial charge in [-0.25, -0.2) is 9.78 Å². The summed E-state index contributed by atoms with van der Waals surface area (Å²) < 4.78 is 10.7. The number of nitrogens with zero attached hydrogens (tertiary/aromatic N) is 1. The van der Waals surface area contributed by atoms with E-state index in [1.165, 1.54) is 0 Å². The minimum Gasteiger partial charge on any atom is -0.475 e. The predicted molar refractivity (Wildman–Crippen MR) is 90.7 cm³/mol. The van der Waals surface area contributed by atoms with Gasteiger partial charge in [-0.1, -0.05) is 6.07 Å². The van der Waals surface area contributed by atoms with Crippen LogP contribution in [0.5, 0.6) is 5.88 Å². The van der Waals surface area contributed by atoms with Crippen LogP contribution in [0.3, 0.4) is 0 Å². The fourth-order valence-corrected chi connectivity index (χ4v) is 1.77. The Balaban J connectivity index is 2.55. The molecule has 0 aliphatic carbocycles. The van der Waals surface area contributed by atoms with Crippen LogP contribution >= 0.6 is 0 Å². The Labute approximate surface area is 143 Å². The number of hydrogen-bond donors (Lipinski definition) is 2.